The van der Waals surface area contributed by atoms with Crippen LogP contribution in [0.25, 0.3) is 0 Å². The lowest BCUT2D eigenvalue weighted by Gasteiger charge is -2.31. The van der Waals surface area contributed by atoms with Gasteiger partial charge in [0.1, 0.15) is 0 Å². The van der Waals surface area contributed by atoms with E-state index in [9.17, 15) is 0 Å². The number of hydrogen-bond donors (Lipinski definition) is 1. The summed E-state index contributed by atoms with van der Waals surface area (Å²) in [7, 11) is 2.02. The van der Waals surface area contributed by atoms with Crippen molar-refractivity contribution in [2.75, 3.05) is 26.7 Å². The number of nitrogens with one attached hydrogen (secondary N) is 1. The van der Waals surface area contributed by atoms with Crippen LogP contribution < -0.4 is 5.32 Å². The number of nitrogens with zero attached hydrogens (tertiary/aromatic N) is 3. The first kappa shape index (κ1) is 13.5. The Kier molecular flexibility index (Phi) is 4.72. The number of aromatic nitrogens is 2. The second kappa shape index (κ2) is 6.29. The van der Waals surface area contributed by atoms with Crippen LogP contribution in [-0.2, 0) is 6.54 Å². The predicted octanol–water partition coefficient (Wildman–Crippen LogP) is 1.62. The average Bonchev–Trinajstić information content (AvgIpc) is 2.78. The Balaban J connectivity index is 1.87. The maximum absolute atomic E-state index is 5.31. The Morgan fingerprint density at radius 1 is 1.50 bits per heavy atom. The van der Waals surface area contributed by atoms with Crippen molar-refractivity contribution < 1.29 is 4.52 Å². The standard InChI is InChI=1S/C13H24N4O/c1-10(2)13-15-12(18-16-13)9-17-6-4-5-11(8-17)7-14-3/h10-11,14H,4-9H2,1-3H3. The Labute approximate surface area is 109 Å². The molecule has 18 heavy (non-hydrogen) atoms. The van der Waals surface area contributed by atoms with E-state index in [0.29, 0.717) is 5.92 Å². The summed E-state index contributed by atoms with van der Waals surface area (Å²) in [5.41, 5.74) is 0. The number of likely N-dealkylation sites (tertiary alicyclic amines) is 1. The van der Waals surface area contributed by atoms with Gasteiger partial charge in [0.05, 0.1) is 6.54 Å². The molecule has 102 valence electrons. The van der Waals surface area contributed by atoms with Crippen molar-refractivity contribution in [3.05, 3.63) is 11.7 Å². The summed E-state index contributed by atoms with van der Waals surface area (Å²) in [4.78, 5) is 6.86. The van der Waals surface area contributed by atoms with E-state index >= 15 is 0 Å². The van der Waals surface area contributed by atoms with E-state index in [-0.39, 0.29) is 0 Å². The molecule has 1 aliphatic rings. The molecular formula is C13H24N4O. The predicted molar refractivity (Wildman–Crippen MR) is 70.3 cm³/mol. The SMILES string of the molecule is CNCC1CCCN(Cc2nc(C(C)C)no2)C1. The molecule has 2 heterocycles. The minimum absolute atomic E-state index is 0.334. The normalized spacial score (nSPS) is 21.7. The third kappa shape index (κ3) is 3.53. The summed E-state index contributed by atoms with van der Waals surface area (Å²) in [5, 5.41) is 7.27. The monoisotopic (exact) mass is 252 g/mol. The molecule has 0 amide bonds. The van der Waals surface area contributed by atoms with Gasteiger partial charge in [0.25, 0.3) is 0 Å². The lowest BCUT2D eigenvalue weighted by molar-refractivity contribution is 0.149. The lowest BCUT2D eigenvalue weighted by Crippen LogP contribution is -2.38. The van der Waals surface area contributed by atoms with Crippen LogP contribution in [0.4, 0.5) is 0 Å². The molecule has 2 rings (SSSR count). The number of hydrogen-bond acceptors (Lipinski definition) is 5. The topological polar surface area (TPSA) is 54.2 Å². The zero-order valence-corrected chi connectivity index (χ0v) is 11.6. The maximum atomic E-state index is 5.31. The van der Waals surface area contributed by atoms with Crippen LogP contribution in [0.1, 0.15) is 44.3 Å². The van der Waals surface area contributed by atoms with E-state index in [1.165, 1.54) is 12.8 Å². The lowest BCUT2D eigenvalue weighted by atomic mass is 9.98. The molecule has 1 N–H and O–H groups in total. The molecule has 1 atom stereocenters. The van der Waals surface area contributed by atoms with E-state index in [1.54, 1.807) is 0 Å². The van der Waals surface area contributed by atoms with Crippen molar-refractivity contribution in [1.82, 2.24) is 20.4 Å². The first-order chi connectivity index (χ1) is 8.69. The highest BCUT2D eigenvalue weighted by Crippen LogP contribution is 2.18. The van der Waals surface area contributed by atoms with Crippen molar-refractivity contribution >= 4 is 0 Å². The fourth-order valence-electron chi connectivity index (χ4n) is 2.51. The first-order valence-electron chi connectivity index (χ1n) is 6.88. The van der Waals surface area contributed by atoms with E-state index in [0.717, 1.165) is 43.8 Å². The van der Waals surface area contributed by atoms with Crippen LogP contribution in [-0.4, -0.2) is 41.7 Å². The molecule has 5 heteroatoms. The van der Waals surface area contributed by atoms with Gasteiger partial charge >= 0.3 is 0 Å². The van der Waals surface area contributed by atoms with Gasteiger partial charge in [-0.05, 0) is 38.9 Å². The molecule has 0 aliphatic carbocycles. The second-order valence-electron chi connectivity index (χ2n) is 5.50. The van der Waals surface area contributed by atoms with Gasteiger partial charge in [-0.3, -0.25) is 4.90 Å². The summed E-state index contributed by atoms with van der Waals surface area (Å²) in [6.45, 7) is 8.31. The summed E-state index contributed by atoms with van der Waals surface area (Å²) in [6.07, 6.45) is 2.58. The molecule has 1 aromatic heterocycles. The zero-order valence-electron chi connectivity index (χ0n) is 11.6. The highest BCUT2D eigenvalue weighted by Gasteiger charge is 2.21. The minimum atomic E-state index is 0.334. The molecule has 1 unspecified atom stereocenters. The second-order valence-corrected chi connectivity index (χ2v) is 5.50. The highest BCUT2D eigenvalue weighted by molar-refractivity contribution is 4.92. The Hall–Kier alpha value is -0.940. The average molecular weight is 252 g/mol. The molecule has 1 aliphatic heterocycles. The van der Waals surface area contributed by atoms with Crippen LogP contribution in [0, 0.1) is 5.92 Å². The molecule has 0 spiro atoms. The molecule has 0 saturated carbocycles. The van der Waals surface area contributed by atoms with Gasteiger partial charge in [-0.15, -0.1) is 0 Å². The molecule has 5 nitrogen and oxygen atoms in total. The van der Waals surface area contributed by atoms with Gasteiger partial charge < -0.3 is 9.84 Å². The number of rotatable bonds is 5. The van der Waals surface area contributed by atoms with Gasteiger partial charge in [0, 0.05) is 12.5 Å². The Bertz CT molecular complexity index is 362. The van der Waals surface area contributed by atoms with Crippen molar-refractivity contribution in [3.63, 3.8) is 0 Å². The van der Waals surface area contributed by atoms with E-state index in [4.69, 9.17) is 4.52 Å². The molecule has 1 saturated heterocycles. The van der Waals surface area contributed by atoms with Crippen molar-refractivity contribution in [2.24, 2.45) is 5.92 Å². The fourth-order valence-corrected chi connectivity index (χ4v) is 2.51. The van der Waals surface area contributed by atoms with Crippen LogP contribution >= 0.6 is 0 Å². The third-order valence-electron chi connectivity index (χ3n) is 3.45. The molecule has 1 fully saturated rings. The largest absolute Gasteiger partial charge is 0.338 e. The van der Waals surface area contributed by atoms with Gasteiger partial charge in [0.15, 0.2) is 5.82 Å². The van der Waals surface area contributed by atoms with Crippen molar-refractivity contribution in [2.45, 2.75) is 39.2 Å². The first-order valence-corrected chi connectivity index (χ1v) is 6.88. The smallest absolute Gasteiger partial charge is 0.240 e. The summed E-state index contributed by atoms with van der Waals surface area (Å²) >= 11 is 0. The van der Waals surface area contributed by atoms with Crippen LogP contribution in [0.3, 0.4) is 0 Å². The number of piperidine rings is 1. The van der Waals surface area contributed by atoms with E-state index in [2.05, 4.69) is 34.2 Å². The van der Waals surface area contributed by atoms with E-state index < -0.39 is 0 Å². The molecule has 0 bridgehead atoms. The summed E-state index contributed by atoms with van der Waals surface area (Å²) < 4.78 is 5.31. The van der Waals surface area contributed by atoms with Crippen LogP contribution in [0.15, 0.2) is 4.52 Å². The molecule has 0 radical (unpaired) electrons. The fraction of sp³-hybridized carbons (Fsp3) is 0.846. The minimum Gasteiger partial charge on any atom is -0.338 e. The van der Waals surface area contributed by atoms with Gasteiger partial charge in [-0.2, -0.15) is 4.98 Å². The van der Waals surface area contributed by atoms with E-state index in [1.807, 2.05) is 7.05 Å². The van der Waals surface area contributed by atoms with Crippen LogP contribution in [0.5, 0.6) is 0 Å². The molecule has 0 aromatic carbocycles. The maximum Gasteiger partial charge on any atom is 0.240 e. The Morgan fingerprint density at radius 2 is 2.33 bits per heavy atom. The quantitative estimate of drug-likeness (QED) is 0.863. The molecular weight excluding hydrogens is 228 g/mol. The summed E-state index contributed by atoms with van der Waals surface area (Å²) in [5.74, 6) is 2.65. The third-order valence-corrected chi connectivity index (χ3v) is 3.45. The summed E-state index contributed by atoms with van der Waals surface area (Å²) in [6, 6.07) is 0. The van der Waals surface area contributed by atoms with Crippen LogP contribution in [0.2, 0.25) is 0 Å². The van der Waals surface area contributed by atoms with Gasteiger partial charge in [0.2, 0.25) is 5.89 Å². The highest BCUT2D eigenvalue weighted by atomic mass is 16.5. The van der Waals surface area contributed by atoms with Crippen molar-refractivity contribution in [1.29, 1.82) is 0 Å². The Morgan fingerprint density at radius 3 is 3.00 bits per heavy atom. The van der Waals surface area contributed by atoms with Gasteiger partial charge in [-0.25, -0.2) is 0 Å². The van der Waals surface area contributed by atoms with Crippen molar-refractivity contribution in [3.8, 4) is 0 Å². The zero-order chi connectivity index (χ0) is 13.0. The molecule has 1 aromatic rings. The van der Waals surface area contributed by atoms with Gasteiger partial charge in [-0.1, -0.05) is 19.0 Å².